The lowest BCUT2D eigenvalue weighted by Gasteiger charge is -2.26. The van der Waals surface area contributed by atoms with Gasteiger partial charge in [0.1, 0.15) is 29.5 Å². The van der Waals surface area contributed by atoms with Crippen molar-refractivity contribution in [3.8, 4) is 11.4 Å². The zero-order valence-electron chi connectivity index (χ0n) is 19.2. The largest absolute Gasteiger partial charge is 0.496 e. The summed E-state index contributed by atoms with van der Waals surface area (Å²) in [5.41, 5.74) is 3.29. The number of hydrogen-bond acceptors (Lipinski definition) is 6. The van der Waals surface area contributed by atoms with Crippen molar-refractivity contribution in [2.24, 2.45) is 0 Å². The third-order valence-corrected chi connectivity index (χ3v) is 6.54. The summed E-state index contributed by atoms with van der Waals surface area (Å²) in [7, 11) is 1.69. The fraction of sp³-hybridized carbons (Fsp3) is 0.308. The van der Waals surface area contributed by atoms with Crippen LogP contribution in [-0.2, 0) is 0 Å². The average Bonchev–Trinajstić information content (AvgIpc) is 3.50. The smallest absolute Gasteiger partial charge is 0.150 e. The number of imidazole rings is 1. The summed E-state index contributed by atoms with van der Waals surface area (Å²) in [6.45, 7) is 5.17. The normalized spacial score (nSPS) is 15.9. The predicted molar refractivity (Wildman–Crippen MR) is 132 cm³/mol. The van der Waals surface area contributed by atoms with E-state index in [1.54, 1.807) is 13.4 Å². The summed E-state index contributed by atoms with van der Waals surface area (Å²) >= 11 is 0. The maximum absolute atomic E-state index is 9.85. The number of rotatable bonds is 6. The summed E-state index contributed by atoms with van der Waals surface area (Å²) < 4.78 is 7.50. The first-order valence-electron chi connectivity index (χ1n) is 11.3. The van der Waals surface area contributed by atoms with E-state index in [1.165, 1.54) is 0 Å². The van der Waals surface area contributed by atoms with Crippen LogP contribution in [0.1, 0.15) is 24.0 Å². The number of aliphatic hydroxyl groups is 1. The molecule has 3 heterocycles. The van der Waals surface area contributed by atoms with Crippen molar-refractivity contribution in [3.05, 3.63) is 66.1 Å². The molecule has 1 saturated heterocycles. The predicted octanol–water partition coefficient (Wildman–Crippen LogP) is 4.75. The minimum absolute atomic E-state index is 0.107. The van der Waals surface area contributed by atoms with Crippen LogP contribution in [0.3, 0.4) is 0 Å². The first kappa shape index (κ1) is 21.3. The molecule has 0 saturated carbocycles. The van der Waals surface area contributed by atoms with Crippen LogP contribution in [0.25, 0.3) is 16.5 Å². The molecule has 2 aromatic heterocycles. The van der Waals surface area contributed by atoms with E-state index in [1.807, 2.05) is 35.0 Å². The second kappa shape index (κ2) is 8.75. The zero-order valence-corrected chi connectivity index (χ0v) is 19.2. The molecular formula is C26H29N5O2. The van der Waals surface area contributed by atoms with Crippen molar-refractivity contribution in [1.29, 1.82) is 0 Å². The minimum atomic E-state index is 0.107. The van der Waals surface area contributed by atoms with E-state index in [2.05, 4.69) is 47.2 Å². The lowest BCUT2D eigenvalue weighted by molar-refractivity contribution is 0.266. The molecule has 2 aromatic carbocycles. The number of nitrogens with zero attached hydrogens (tertiary/aromatic N) is 4. The van der Waals surface area contributed by atoms with Crippen LogP contribution in [0.5, 0.6) is 5.75 Å². The molecule has 0 bridgehead atoms. The van der Waals surface area contributed by atoms with E-state index in [0.717, 1.165) is 64.4 Å². The maximum atomic E-state index is 9.85. The molecule has 170 valence electrons. The standard InChI is InChI=1S/C26H29N5O2/c1-17-11-21(13-23(33-3)18(17)2)30-14-25(27-16-30)28-24-12-19-7-4-5-9-22(19)26(29-24)31-10-6-8-20(31)15-32/h4-5,7,9,11-14,16,20,32H,6,8,10,15H2,1-3H3,(H,28,29)/t20-/m0/s1. The Balaban J connectivity index is 1.48. The van der Waals surface area contributed by atoms with E-state index >= 15 is 0 Å². The summed E-state index contributed by atoms with van der Waals surface area (Å²) in [4.78, 5) is 11.7. The Bertz CT molecular complexity index is 1300. The molecule has 0 amide bonds. The van der Waals surface area contributed by atoms with Gasteiger partial charge in [0.25, 0.3) is 0 Å². The Labute approximate surface area is 193 Å². The highest BCUT2D eigenvalue weighted by Gasteiger charge is 2.26. The molecule has 0 spiro atoms. The van der Waals surface area contributed by atoms with Crippen molar-refractivity contribution >= 4 is 28.2 Å². The molecule has 4 aromatic rings. The number of nitrogens with one attached hydrogen (secondary N) is 1. The SMILES string of the molecule is COc1cc(-n2cnc(Nc3cc4ccccc4c(N4CCC[C@H]4CO)n3)c2)cc(C)c1C. The van der Waals surface area contributed by atoms with E-state index < -0.39 is 0 Å². The van der Waals surface area contributed by atoms with E-state index in [4.69, 9.17) is 9.72 Å². The average molecular weight is 444 g/mol. The number of ether oxygens (including phenoxy) is 1. The van der Waals surface area contributed by atoms with Gasteiger partial charge in [0.2, 0.25) is 0 Å². The van der Waals surface area contributed by atoms with Crippen LogP contribution in [0.4, 0.5) is 17.5 Å². The molecule has 7 nitrogen and oxygen atoms in total. The van der Waals surface area contributed by atoms with Gasteiger partial charge in [-0.1, -0.05) is 24.3 Å². The van der Waals surface area contributed by atoms with Gasteiger partial charge in [-0.05, 0) is 55.3 Å². The van der Waals surface area contributed by atoms with Gasteiger partial charge < -0.3 is 24.6 Å². The molecule has 1 atom stereocenters. The van der Waals surface area contributed by atoms with Crippen LogP contribution in [0.2, 0.25) is 0 Å². The lowest BCUT2D eigenvalue weighted by Crippen LogP contribution is -2.33. The number of aromatic nitrogens is 3. The Hall–Kier alpha value is -3.58. The number of fused-ring (bicyclic) bond motifs is 1. The number of methoxy groups -OCH3 is 1. The zero-order chi connectivity index (χ0) is 22.9. The van der Waals surface area contributed by atoms with Gasteiger partial charge in [0, 0.05) is 18.0 Å². The Morgan fingerprint density at radius 3 is 2.82 bits per heavy atom. The Kier molecular flexibility index (Phi) is 5.64. The third kappa shape index (κ3) is 4.00. The summed E-state index contributed by atoms with van der Waals surface area (Å²) in [5.74, 6) is 3.21. The summed E-state index contributed by atoms with van der Waals surface area (Å²) in [6.07, 6.45) is 5.78. The Morgan fingerprint density at radius 2 is 2.00 bits per heavy atom. The van der Waals surface area contributed by atoms with Crippen LogP contribution in [0.15, 0.2) is 55.0 Å². The number of aliphatic hydroxyl groups excluding tert-OH is 1. The number of aryl methyl sites for hydroxylation is 1. The van der Waals surface area contributed by atoms with Gasteiger partial charge in [0.05, 0.1) is 31.6 Å². The molecule has 0 radical (unpaired) electrons. The van der Waals surface area contributed by atoms with Crippen LogP contribution < -0.4 is 15.0 Å². The van der Waals surface area contributed by atoms with Gasteiger partial charge in [-0.15, -0.1) is 0 Å². The highest BCUT2D eigenvalue weighted by atomic mass is 16.5. The van der Waals surface area contributed by atoms with Crippen LogP contribution in [-0.4, -0.2) is 45.9 Å². The van der Waals surface area contributed by atoms with Crippen LogP contribution in [0, 0.1) is 13.8 Å². The van der Waals surface area contributed by atoms with Gasteiger partial charge in [-0.25, -0.2) is 9.97 Å². The van der Waals surface area contributed by atoms with E-state index in [0.29, 0.717) is 5.82 Å². The monoisotopic (exact) mass is 443 g/mol. The van der Waals surface area contributed by atoms with Crippen molar-refractivity contribution in [1.82, 2.24) is 14.5 Å². The van der Waals surface area contributed by atoms with E-state index in [9.17, 15) is 5.11 Å². The molecule has 0 unspecified atom stereocenters. The van der Waals surface area contributed by atoms with E-state index in [-0.39, 0.29) is 12.6 Å². The van der Waals surface area contributed by atoms with Crippen molar-refractivity contribution in [3.63, 3.8) is 0 Å². The number of benzene rings is 2. The van der Waals surface area contributed by atoms with Gasteiger partial charge in [-0.2, -0.15) is 0 Å². The van der Waals surface area contributed by atoms with Gasteiger partial charge in [-0.3, -0.25) is 0 Å². The van der Waals surface area contributed by atoms with Crippen molar-refractivity contribution < 1.29 is 9.84 Å². The molecule has 7 heteroatoms. The number of hydrogen-bond donors (Lipinski definition) is 2. The molecular weight excluding hydrogens is 414 g/mol. The quantitative estimate of drug-likeness (QED) is 0.448. The molecule has 0 aliphatic carbocycles. The summed E-state index contributed by atoms with van der Waals surface area (Å²) in [5, 5.41) is 15.4. The maximum Gasteiger partial charge on any atom is 0.150 e. The molecule has 2 N–H and O–H groups in total. The first-order chi connectivity index (χ1) is 16.1. The fourth-order valence-electron chi connectivity index (χ4n) is 4.60. The number of anilines is 3. The summed E-state index contributed by atoms with van der Waals surface area (Å²) in [6, 6.07) is 14.5. The molecule has 33 heavy (non-hydrogen) atoms. The van der Waals surface area contributed by atoms with Crippen molar-refractivity contribution in [2.45, 2.75) is 32.7 Å². The highest BCUT2D eigenvalue weighted by molar-refractivity contribution is 5.94. The van der Waals surface area contributed by atoms with Crippen LogP contribution >= 0.6 is 0 Å². The topological polar surface area (TPSA) is 75.4 Å². The first-order valence-corrected chi connectivity index (χ1v) is 11.3. The second-order valence-electron chi connectivity index (χ2n) is 8.61. The second-order valence-corrected chi connectivity index (χ2v) is 8.61. The van der Waals surface area contributed by atoms with Gasteiger partial charge >= 0.3 is 0 Å². The minimum Gasteiger partial charge on any atom is -0.496 e. The molecule has 5 rings (SSSR count). The Morgan fingerprint density at radius 1 is 1.15 bits per heavy atom. The van der Waals surface area contributed by atoms with Crippen molar-refractivity contribution in [2.75, 3.05) is 30.5 Å². The van der Waals surface area contributed by atoms with Gasteiger partial charge in [0.15, 0.2) is 0 Å². The number of pyridine rings is 1. The lowest BCUT2D eigenvalue weighted by atomic mass is 10.1. The molecule has 1 aliphatic rings. The molecule has 1 fully saturated rings. The highest BCUT2D eigenvalue weighted by Crippen LogP contribution is 2.33. The molecule has 1 aliphatic heterocycles. The fourth-order valence-corrected chi connectivity index (χ4v) is 4.60. The third-order valence-electron chi connectivity index (χ3n) is 6.54.